The second-order valence-corrected chi connectivity index (χ2v) is 8.06. The summed E-state index contributed by atoms with van der Waals surface area (Å²) in [5.41, 5.74) is 4.87. The van der Waals surface area contributed by atoms with Crippen LogP contribution >= 0.6 is 0 Å². The molecule has 3 aliphatic heterocycles. The molecule has 0 saturated carbocycles. The van der Waals surface area contributed by atoms with Gasteiger partial charge in [0.05, 0.1) is 18.5 Å². The van der Waals surface area contributed by atoms with Crippen LogP contribution < -0.4 is 11.1 Å². The molecule has 5 rings (SSSR count). The van der Waals surface area contributed by atoms with Crippen molar-refractivity contribution in [3.63, 3.8) is 0 Å². The van der Waals surface area contributed by atoms with E-state index in [2.05, 4.69) is 21.9 Å². The molecule has 2 bridgehead atoms. The van der Waals surface area contributed by atoms with Gasteiger partial charge in [-0.3, -0.25) is 4.57 Å². The van der Waals surface area contributed by atoms with Crippen molar-refractivity contribution in [1.29, 1.82) is 0 Å². The van der Waals surface area contributed by atoms with Crippen LogP contribution in [0.25, 0.3) is 0 Å². The van der Waals surface area contributed by atoms with Crippen molar-refractivity contribution in [2.24, 2.45) is 16.6 Å². The Hall–Kier alpha value is -3.21. The number of hydrogen-bond donors (Lipinski definition) is 3. The predicted molar refractivity (Wildman–Crippen MR) is 110 cm³/mol. The van der Waals surface area contributed by atoms with E-state index in [4.69, 9.17) is 19.9 Å². The van der Waals surface area contributed by atoms with Gasteiger partial charge in [0.2, 0.25) is 0 Å². The molecular weight excluding hydrogens is 402 g/mol. The highest BCUT2D eigenvalue weighted by Crippen LogP contribution is 2.57. The lowest BCUT2D eigenvalue weighted by molar-refractivity contribution is -0.211. The van der Waals surface area contributed by atoms with Crippen LogP contribution in [-0.4, -0.2) is 51.0 Å². The van der Waals surface area contributed by atoms with Crippen molar-refractivity contribution in [3.05, 3.63) is 60.6 Å². The Morgan fingerprint density at radius 3 is 3.00 bits per heavy atom. The number of carbonyl (C=O) groups is 1. The lowest BCUT2D eigenvalue weighted by Crippen LogP contribution is -2.43. The minimum Gasteiger partial charge on any atom is -0.459 e. The summed E-state index contributed by atoms with van der Waals surface area (Å²) >= 11 is 0. The molecule has 2 aromatic rings. The quantitative estimate of drug-likeness (QED) is 0.483. The number of nitrogens with zero attached hydrogens (tertiary/aromatic N) is 3. The number of hydrogen-bond acceptors (Lipinski definition) is 9. The number of nitrogens with two attached hydrogens (primary N) is 1. The van der Waals surface area contributed by atoms with Gasteiger partial charge in [0.15, 0.2) is 18.4 Å². The summed E-state index contributed by atoms with van der Waals surface area (Å²) in [6.07, 6.45) is 1.52. The van der Waals surface area contributed by atoms with Gasteiger partial charge >= 0.3 is 5.97 Å². The Morgan fingerprint density at radius 1 is 1.48 bits per heavy atom. The number of imidazole rings is 1. The van der Waals surface area contributed by atoms with Gasteiger partial charge in [-0.15, -0.1) is 6.58 Å². The molecule has 0 radical (unpaired) electrons. The summed E-state index contributed by atoms with van der Waals surface area (Å²) in [6.45, 7) is 6.13. The second kappa shape index (κ2) is 6.91. The summed E-state index contributed by atoms with van der Waals surface area (Å²) < 4.78 is 20.0. The van der Waals surface area contributed by atoms with E-state index in [1.807, 2.05) is 13.0 Å². The van der Waals surface area contributed by atoms with Crippen LogP contribution in [0, 0.1) is 5.92 Å². The lowest BCUT2D eigenvalue weighted by atomic mass is 9.82. The summed E-state index contributed by atoms with van der Waals surface area (Å²) in [7, 11) is 0. The third-order valence-electron chi connectivity index (χ3n) is 6.17. The maximum atomic E-state index is 12.5. The second-order valence-electron chi connectivity index (χ2n) is 8.06. The number of anilines is 1. The smallest absolute Gasteiger partial charge is 0.338 e. The number of aromatic nitrogens is 2. The largest absolute Gasteiger partial charge is 0.459 e. The molecule has 10 heteroatoms. The fraction of sp³-hybridized carbons (Fsp3) is 0.381. The summed E-state index contributed by atoms with van der Waals surface area (Å²) in [4.78, 5) is 20.6. The number of esters is 1. The monoisotopic (exact) mass is 425 g/mol. The van der Waals surface area contributed by atoms with Gasteiger partial charge in [-0.2, -0.15) is 0 Å². The van der Waals surface area contributed by atoms with Gasteiger partial charge < -0.3 is 30.4 Å². The van der Waals surface area contributed by atoms with Gasteiger partial charge in [0, 0.05) is 5.92 Å². The number of ether oxygens (including phenoxy) is 3. The number of guanidine groups is 1. The summed E-state index contributed by atoms with van der Waals surface area (Å²) in [6, 6.07) is 8.77. The molecule has 1 aromatic heterocycles. The Balaban J connectivity index is 1.43. The van der Waals surface area contributed by atoms with E-state index in [1.165, 1.54) is 0 Å². The van der Waals surface area contributed by atoms with Crippen molar-refractivity contribution in [3.8, 4) is 0 Å². The Kier molecular flexibility index (Phi) is 4.40. The number of nitrogens with one attached hydrogen (secondary N) is 1. The fourth-order valence-corrected chi connectivity index (χ4v) is 4.66. The lowest BCUT2D eigenvalue weighted by Gasteiger charge is -2.35. The van der Waals surface area contributed by atoms with E-state index >= 15 is 0 Å². The normalized spacial score (nSPS) is 33.4. The first-order valence-corrected chi connectivity index (χ1v) is 9.89. The van der Waals surface area contributed by atoms with E-state index in [9.17, 15) is 9.90 Å². The number of aliphatic hydroxyl groups excluding tert-OH is 1. The highest BCUT2D eigenvalue weighted by Gasteiger charge is 2.68. The molecule has 0 aliphatic carbocycles. The van der Waals surface area contributed by atoms with Crippen LogP contribution in [0.2, 0.25) is 0 Å². The molecular formula is C21H23N5O5. The average Bonchev–Trinajstić information content (AvgIpc) is 3.38. The third-order valence-corrected chi connectivity index (χ3v) is 6.17. The number of rotatable bonds is 5. The van der Waals surface area contributed by atoms with E-state index in [1.54, 1.807) is 41.2 Å². The van der Waals surface area contributed by atoms with Gasteiger partial charge in [-0.25, -0.2) is 14.8 Å². The third kappa shape index (κ3) is 2.87. The van der Waals surface area contributed by atoms with Gasteiger partial charge in [0.1, 0.15) is 29.3 Å². The Morgan fingerprint density at radius 2 is 2.26 bits per heavy atom. The number of aliphatic hydroxyl groups is 1. The predicted octanol–water partition coefficient (Wildman–Crippen LogP) is 1.33. The van der Waals surface area contributed by atoms with Crippen molar-refractivity contribution in [2.45, 2.75) is 30.6 Å². The zero-order valence-electron chi connectivity index (χ0n) is 16.9. The zero-order chi connectivity index (χ0) is 21.8. The first-order chi connectivity index (χ1) is 14.9. The summed E-state index contributed by atoms with van der Waals surface area (Å²) in [5.74, 6) is -0.150. The van der Waals surface area contributed by atoms with Crippen LogP contribution in [0.15, 0.2) is 54.3 Å². The first-order valence-electron chi connectivity index (χ1n) is 9.89. The summed E-state index contributed by atoms with van der Waals surface area (Å²) in [5, 5.41) is 13.1. The molecule has 4 N–H and O–H groups in total. The standard InChI is InChI=1S/C21H23N5O5/c1-3-13-20(2)18(26-11-23-14-15(26)24-19(22)25-16(14)27)31-21(13,10-30-20)9-29-17(28)12-7-5-4-6-8-12/h3-8,11,13,16,18,27H,1,9-10H2,2H3,(H3,22,24,25). The topological polar surface area (TPSA) is 133 Å². The van der Waals surface area contributed by atoms with Crippen molar-refractivity contribution < 1.29 is 24.1 Å². The zero-order valence-corrected chi connectivity index (χ0v) is 16.9. The Bertz CT molecular complexity index is 1070. The van der Waals surface area contributed by atoms with E-state index in [0.717, 1.165) is 0 Å². The molecule has 162 valence electrons. The van der Waals surface area contributed by atoms with Gasteiger partial charge in [-0.1, -0.05) is 24.3 Å². The maximum Gasteiger partial charge on any atom is 0.338 e. The van der Waals surface area contributed by atoms with Crippen molar-refractivity contribution in [1.82, 2.24) is 9.55 Å². The van der Waals surface area contributed by atoms with Crippen molar-refractivity contribution >= 4 is 17.7 Å². The molecule has 31 heavy (non-hydrogen) atoms. The minimum atomic E-state index is -1.17. The SMILES string of the molecule is C=CC1C2(COC(=O)c3ccccc3)COC1(C)C(n1cnc3c1NC(N)=NC3O)O2. The number of aliphatic imine (C=N–C) groups is 1. The molecule has 1 aromatic carbocycles. The average molecular weight is 425 g/mol. The first kappa shape index (κ1) is 19.7. The molecule has 10 nitrogen and oxygen atoms in total. The van der Waals surface area contributed by atoms with Crippen LogP contribution in [0.5, 0.6) is 0 Å². The van der Waals surface area contributed by atoms with Crippen LogP contribution in [-0.2, 0) is 14.2 Å². The number of carbonyl (C=O) groups excluding carboxylic acids is 1. The molecule has 0 spiro atoms. The maximum absolute atomic E-state index is 12.5. The highest BCUT2D eigenvalue weighted by atomic mass is 16.7. The van der Waals surface area contributed by atoms with E-state index in [0.29, 0.717) is 17.1 Å². The molecule has 5 atom stereocenters. The molecule has 0 amide bonds. The minimum absolute atomic E-state index is 0.0000424. The molecule has 4 heterocycles. The highest BCUT2D eigenvalue weighted by molar-refractivity contribution is 5.93. The Labute approximate surface area is 178 Å². The number of fused-ring (bicyclic) bond motifs is 3. The van der Waals surface area contributed by atoms with Gasteiger partial charge in [0.25, 0.3) is 0 Å². The molecule has 3 aliphatic rings. The van der Waals surface area contributed by atoms with Crippen LogP contribution in [0.1, 0.15) is 35.4 Å². The van der Waals surface area contributed by atoms with Crippen LogP contribution in [0.3, 0.4) is 0 Å². The van der Waals surface area contributed by atoms with E-state index < -0.39 is 29.6 Å². The molecule has 2 fully saturated rings. The fourth-order valence-electron chi connectivity index (χ4n) is 4.66. The van der Waals surface area contributed by atoms with Crippen LogP contribution in [0.4, 0.5) is 5.82 Å². The number of benzene rings is 1. The van der Waals surface area contributed by atoms with Gasteiger partial charge in [-0.05, 0) is 19.1 Å². The molecule has 5 unspecified atom stereocenters. The van der Waals surface area contributed by atoms with E-state index in [-0.39, 0.29) is 25.1 Å². The molecule has 2 saturated heterocycles. The van der Waals surface area contributed by atoms with Crippen molar-refractivity contribution in [2.75, 3.05) is 18.5 Å².